The molecule has 4 atom stereocenters. The molecule has 2 fully saturated rings. The molecular weight excluding hydrogens is 662 g/mol. The number of hydrogen-bond acceptors (Lipinski definition) is 11. The maximum Gasteiger partial charge on any atom is 0.333 e. The van der Waals surface area contributed by atoms with E-state index in [1.807, 2.05) is 24.3 Å². The lowest BCUT2D eigenvalue weighted by Crippen LogP contribution is -2.54. The van der Waals surface area contributed by atoms with Crippen molar-refractivity contribution in [2.24, 2.45) is 0 Å². The number of aryl methyl sites for hydroxylation is 1. The van der Waals surface area contributed by atoms with E-state index >= 15 is 0 Å². The molecule has 6 rings (SSSR count). The van der Waals surface area contributed by atoms with Crippen LogP contribution in [0.3, 0.4) is 0 Å². The van der Waals surface area contributed by atoms with E-state index in [0.29, 0.717) is 47.2 Å². The maximum atomic E-state index is 14.8. The Morgan fingerprint density at radius 2 is 1.72 bits per heavy atom. The number of hydrogen-bond donors (Lipinski definition) is 0. The van der Waals surface area contributed by atoms with Crippen molar-refractivity contribution >= 4 is 27.5 Å². The van der Waals surface area contributed by atoms with Crippen LogP contribution in [0.1, 0.15) is 84.5 Å². The monoisotopic (exact) mass is 709 g/mol. The van der Waals surface area contributed by atoms with Gasteiger partial charge in [0.2, 0.25) is 0 Å². The molecule has 0 saturated carbocycles. The quantitative estimate of drug-likeness (QED) is 0.145. The second kappa shape index (κ2) is 13.7. The van der Waals surface area contributed by atoms with Crippen LogP contribution in [0.4, 0.5) is 0 Å². The predicted octanol–water partition coefficient (Wildman–Crippen LogP) is 5.07. The van der Waals surface area contributed by atoms with Crippen LogP contribution in [0.25, 0.3) is 15.2 Å². The molecule has 0 aliphatic carbocycles. The first-order valence-electron chi connectivity index (χ1n) is 17.1. The molecular formula is C36H47N5O8S. The predicted molar refractivity (Wildman–Crippen MR) is 188 cm³/mol. The molecule has 2 aliphatic rings. The number of nitrogens with zero attached hydrogens (tertiary/aromatic N) is 5. The van der Waals surface area contributed by atoms with E-state index in [9.17, 15) is 14.4 Å². The van der Waals surface area contributed by atoms with E-state index in [1.54, 1.807) is 51.8 Å². The number of thiophene rings is 1. The van der Waals surface area contributed by atoms with E-state index in [-0.39, 0.29) is 24.1 Å². The first kappa shape index (κ1) is 36.0. The molecule has 0 spiro atoms. The number of benzene rings is 1. The second-order valence-corrected chi connectivity index (χ2v) is 15.9. The number of methoxy groups -OCH3 is 1. The number of ether oxygens (including phenoxy) is 5. The van der Waals surface area contributed by atoms with Gasteiger partial charge in [0.15, 0.2) is 0 Å². The van der Waals surface area contributed by atoms with Gasteiger partial charge < -0.3 is 23.7 Å². The Balaban J connectivity index is 1.55. The van der Waals surface area contributed by atoms with Gasteiger partial charge in [-0.2, -0.15) is 10.2 Å². The molecule has 50 heavy (non-hydrogen) atoms. The summed E-state index contributed by atoms with van der Waals surface area (Å²) >= 11 is 1.24. The van der Waals surface area contributed by atoms with Crippen LogP contribution in [0, 0.1) is 6.92 Å². The molecule has 13 nitrogen and oxygen atoms in total. The summed E-state index contributed by atoms with van der Waals surface area (Å²) in [6.45, 7) is 12.9. The fourth-order valence-corrected chi connectivity index (χ4v) is 8.26. The minimum atomic E-state index is -1.65. The van der Waals surface area contributed by atoms with Crippen LogP contribution in [-0.2, 0) is 35.8 Å². The normalized spacial score (nSPS) is 21.4. The summed E-state index contributed by atoms with van der Waals surface area (Å²) in [6, 6.07) is 7.61. The van der Waals surface area contributed by atoms with Gasteiger partial charge in [-0.1, -0.05) is 29.5 Å². The first-order valence-corrected chi connectivity index (χ1v) is 17.9. The Morgan fingerprint density at radius 3 is 2.36 bits per heavy atom. The zero-order chi connectivity index (χ0) is 36.0. The van der Waals surface area contributed by atoms with Gasteiger partial charge >= 0.3 is 11.7 Å². The molecule has 2 aliphatic heterocycles. The van der Waals surface area contributed by atoms with Crippen LogP contribution >= 0.6 is 11.3 Å². The van der Waals surface area contributed by atoms with Crippen molar-refractivity contribution in [2.75, 3.05) is 20.3 Å². The fourth-order valence-electron chi connectivity index (χ4n) is 7.04. The number of carbonyl (C=O) groups is 1. The summed E-state index contributed by atoms with van der Waals surface area (Å²) in [4.78, 5) is 44.8. The number of fused-ring (bicyclic) bond motifs is 3. The van der Waals surface area contributed by atoms with Crippen molar-refractivity contribution in [1.82, 2.24) is 24.1 Å². The Bertz CT molecular complexity index is 1960. The largest absolute Gasteiger partial charge is 0.491 e. The minimum Gasteiger partial charge on any atom is -0.491 e. The first-order chi connectivity index (χ1) is 23.6. The van der Waals surface area contributed by atoms with Crippen molar-refractivity contribution in [2.45, 2.75) is 116 Å². The maximum absolute atomic E-state index is 14.8. The van der Waals surface area contributed by atoms with Crippen LogP contribution in [0.2, 0.25) is 0 Å². The zero-order valence-corrected chi connectivity index (χ0v) is 30.9. The van der Waals surface area contributed by atoms with Crippen molar-refractivity contribution < 1.29 is 28.5 Å². The van der Waals surface area contributed by atoms with Gasteiger partial charge in [0.1, 0.15) is 39.4 Å². The summed E-state index contributed by atoms with van der Waals surface area (Å²) in [7, 11) is 1.61. The van der Waals surface area contributed by atoms with E-state index < -0.39 is 40.1 Å². The Kier molecular flexibility index (Phi) is 9.85. The molecule has 1 unspecified atom stereocenters. The van der Waals surface area contributed by atoms with E-state index in [0.717, 1.165) is 23.0 Å². The SMILES string of the molecule is COCCOc1ccccc1[C@H](Cn1c(=O)n(C(C)(C)C(=O)OC(C)(C)C)c(=O)c2c(C)c(-n3nccn3)sc21)OC1(C)C[C@H]2CC[C@@H](C1)O2. The molecule has 1 aromatic carbocycles. The van der Waals surface area contributed by atoms with Crippen LogP contribution in [0.5, 0.6) is 5.75 Å². The second-order valence-electron chi connectivity index (χ2n) is 14.9. The van der Waals surface area contributed by atoms with Gasteiger partial charge in [0.05, 0.1) is 48.7 Å². The van der Waals surface area contributed by atoms with Gasteiger partial charge in [0.25, 0.3) is 5.56 Å². The van der Waals surface area contributed by atoms with Crippen LogP contribution in [0.15, 0.2) is 46.2 Å². The Hall–Kier alpha value is -3.85. The lowest BCUT2D eigenvalue weighted by atomic mass is 9.91. The molecule has 2 saturated heterocycles. The lowest BCUT2D eigenvalue weighted by molar-refractivity contribution is -0.165. The third kappa shape index (κ3) is 7.03. The number of rotatable bonds is 12. The van der Waals surface area contributed by atoms with Gasteiger partial charge in [-0.3, -0.25) is 9.36 Å². The van der Waals surface area contributed by atoms with Crippen molar-refractivity contribution in [3.05, 3.63) is 68.6 Å². The summed E-state index contributed by atoms with van der Waals surface area (Å²) in [5.41, 5.74) is -2.99. The van der Waals surface area contributed by atoms with Gasteiger partial charge in [-0.05, 0) is 67.4 Å². The van der Waals surface area contributed by atoms with Gasteiger partial charge in [-0.15, -0.1) is 4.80 Å². The van der Waals surface area contributed by atoms with E-state index in [4.69, 9.17) is 23.7 Å². The van der Waals surface area contributed by atoms with Gasteiger partial charge in [-0.25, -0.2) is 14.2 Å². The number of esters is 1. The average Bonchev–Trinajstić information content (AvgIpc) is 3.77. The molecule has 0 N–H and O–H groups in total. The number of aromatic nitrogens is 5. The Labute approximate surface area is 295 Å². The molecule has 14 heteroatoms. The molecule has 5 heterocycles. The number of carbonyl (C=O) groups excluding carboxylic acids is 1. The van der Waals surface area contributed by atoms with Crippen molar-refractivity contribution in [3.63, 3.8) is 0 Å². The third-order valence-corrected chi connectivity index (χ3v) is 10.6. The minimum absolute atomic E-state index is 0.0162. The average molecular weight is 710 g/mol. The van der Waals surface area contributed by atoms with Crippen LogP contribution < -0.4 is 16.0 Å². The lowest BCUT2D eigenvalue weighted by Gasteiger charge is -2.40. The molecule has 2 bridgehead atoms. The summed E-state index contributed by atoms with van der Waals surface area (Å²) in [6.07, 6.45) is 5.97. The van der Waals surface area contributed by atoms with Crippen molar-refractivity contribution in [1.29, 1.82) is 0 Å². The highest BCUT2D eigenvalue weighted by molar-refractivity contribution is 7.21. The molecule has 0 radical (unpaired) electrons. The van der Waals surface area contributed by atoms with E-state index in [2.05, 4.69) is 17.1 Å². The topological polar surface area (TPSA) is 138 Å². The van der Waals surface area contributed by atoms with Crippen molar-refractivity contribution in [3.8, 4) is 10.8 Å². The summed E-state index contributed by atoms with van der Waals surface area (Å²) < 4.78 is 33.0. The molecule has 0 amide bonds. The number of para-hydroxylation sites is 1. The third-order valence-electron chi connectivity index (χ3n) is 9.35. The fraction of sp³-hybridized carbons (Fsp3) is 0.583. The van der Waals surface area contributed by atoms with Crippen LogP contribution in [-0.4, -0.2) is 73.8 Å². The molecule has 4 aromatic rings. The summed E-state index contributed by atoms with van der Waals surface area (Å²) in [5.74, 6) is -0.101. The smallest absolute Gasteiger partial charge is 0.333 e. The highest BCUT2D eigenvalue weighted by Gasteiger charge is 2.45. The standard InChI is InChI=1S/C36H47N5O8S/c1-22-28-29(42)40(35(5,6)32(43)49-34(2,3)4)33(44)39(31(28)50-30(22)41-37-15-16-38-41)21-27(25-11-9-10-12-26(25)46-18-17-45-8)48-36(7)19-23-13-14-24(20-36)47-23/h9-12,15-16,23-24,27H,13-14,17-21H2,1-8H3/t23-,24+,27-,36?/m0/s1. The molecule has 3 aromatic heterocycles. The molecule has 270 valence electrons. The van der Waals surface area contributed by atoms with Gasteiger partial charge in [0, 0.05) is 31.1 Å². The zero-order valence-electron chi connectivity index (χ0n) is 30.1. The van der Waals surface area contributed by atoms with E-state index in [1.165, 1.54) is 30.0 Å². The highest BCUT2D eigenvalue weighted by atomic mass is 32.1. The highest BCUT2D eigenvalue weighted by Crippen LogP contribution is 2.44. The Morgan fingerprint density at radius 1 is 1.06 bits per heavy atom. The summed E-state index contributed by atoms with van der Waals surface area (Å²) in [5, 5.41) is 9.49.